The Bertz CT molecular complexity index is 1440. The summed E-state index contributed by atoms with van der Waals surface area (Å²) >= 11 is 6.38. The molecule has 1 unspecified atom stereocenters. The minimum Gasteiger partial charge on any atom is -0.495 e. The SMILES string of the molecule is CCCNC(=O)C(CC)N(Cc1ccc(C)cc1)C(=O)CN(c1ccc(OC)c(Cl)c1)S(=O)(=O)c1ccc(C)cc1. The van der Waals surface area contributed by atoms with E-state index in [2.05, 4.69) is 5.32 Å². The summed E-state index contributed by atoms with van der Waals surface area (Å²) in [5.74, 6) is -0.434. The van der Waals surface area contributed by atoms with Gasteiger partial charge in [-0.3, -0.25) is 13.9 Å². The van der Waals surface area contributed by atoms with Crippen LogP contribution >= 0.6 is 11.6 Å². The number of methoxy groups -OCH3 is 1. The third kappa shape index (κ3) is 8.01. The van der Waals surface area contributed by atoms with Gasteiger partial charge >= 0.3 is 0 Å². The number of aryl methyl sites for hydroxylation is 2. The number of nitrogens with zero attached hydrogens (tertiary/aromatic N) is 2. The van der Waals surface area contributed by atoms with Gasteiger partial charge in [-0.2, -0.15) is 0 Å². The molecule has 3 rings (SSSR count). The van der Waals surface area contributed by atoms with Crippen molar-refractivity contribution in [3.8, 4) is 5.75 Å². The van der Waals surface area contributed by atoms with Crippen molar-refractivity contribution in [2.24, 2.45) is 0 Å². The zero-order chi connectivity index (χ0) is 30.2. The van der Waals surface area contributed by atoms with Crippen LogP contribution in [-0.2, 0) is 26.2 Å². The minimum atomic E-state index is -4.20. The lowest BCUT2D eigenvalue weighted by molar-refractivity contribution is -0.140. The van der Waals surface area contributed by atoms with Crippen LogP contribution in [-0.4, -0.2) is 51.4 Å². The Morgan fingerprint density at radius 1 is 0.951 bits per heavy atom. The quantitative estimate of drug-likeness (QED) is 0.280. The maximum Gasteiger partial charge on any atom is 0.264 e. The van der Waals surface area contributed by atoms with Gasteiger partial charge in [0.2, 0.25) is 11.8 Å². The summed E-state index contributed by atoms with van der Waals surface area (Å²) in [6.45, 7) is 7.67. The zero-order valence-corrected chi connectivity index (χ0v) is 25.8. The molecule has 0 bridgehead atoms. The number of sulfonamides is 1. The van der Waals surface area contributed by atoms with E-state index >= 15 is 0 Å². The topological polar surface area (TPSA) is 96.0 Å². The van der Waals surface area contributed by atoms with Crippen molar-refractivity contribution in [1.82, 2.24) is 10.2 Å². The Labute approximate surface area is 248 Å². The number of ether oxygens (including phenoxy) is 1. The highest BCUT2D eigenvalue weighted by Crippen LogP contribution is 2.32. The minimum absolute atomic E-state index is 0.0284. The third-order valence-corrected chi connectivity index (χ3v) is 8.80. The van der Waals surface area contributed by atoms with E-state index < -0.39 is 28.5 Å². The Morgan fingerprint density at radius 2 is 1.56 bits per heavy atom. The van der Waals surface area contributed by atoms with Crippen LogP contribution in [0.15, 0.2) is 71.6 Å². The van der Waals surface area contributed by atoms with Crippen LogP contribution in [0, 0.1) is 13.8 Å². The van der Waals surface area contributed by atoms with Crippen LogP contribution in [0.1, 0.15) is 43.4 Å². The molecule has 0 saturated carbocycles. The van der Waals surface area contributed by atoms with Gasteiger partial charge in [0.15, 0.2) is 0 Å². The zero-order valence-electron chi connectivity index (χ0n) is 24.2. The molecule has 0 aliphatic rings. The van der Waals surface area contributed by atoms with E-state index in [0.29, 0.717) is 18.7 Å². The smallest absolute Gasteiger partial charge is 0.264 e. The lowest BCUT2D eigenvalue weighted by atomic mass is 10.1. The number of hydrogen-bond donors (Lipinski definition) is 1. The molecule has 10 heteroatoms. The molecule has 3 aromatic rings. The fraction of sp³-hybridized carbons (Fsp3) is 0.355. The predicted molar refractivity (Wildman–Crippen MR) is 163 cm³/mol. The second-order valence-electron chi connectivity index (χ2n) is 9.87. The van der Waals surface area contributed by atoms with E-state index in [4.69, 9.17) is 16.3 Å². The van der Waals surface area contributed by atoms with Gasteiger partial charge in [-0.05, 0) is 62.6 Å². The van der Waals surface area contributed by atoms with Gasteiger partial charge in [-0.15, -0.1) is 0 Å². The summed E-state index contributed by atoms with van der Waals surface area (Å²) in [4.78, 5) is 28.8. The number of carbonyl (C=O) groups excluding carboxylic acids is 2. The summed E-state index contributed by atoms with van der Waals surface area (Å²) in [7, 11) is -2.73. The summed E-state index contributed by atoms with van der Waals surface area (Å²) in [5.41, 5.74) is 2.98. The Morgan fingerprint density at radius 3 is 2.10 bits per heavy atom. The first-order valence-corrected chi connectivity index (χ1v) is 15.4. The van der Waals surface area contributed by atoms with Crippen molar-refractivity contribution >= 4 is 39.1 Å². The van der Waals surface area contributed by atoms with Crippen LogP contribution < -0.4 is 14.4 Å². The standard InChI is InChI=1S/C31H38ClN3O5S/c1-6-18-33-31(37)28(7-2)34(20-24-12-8-22(3)9-13-24)30(36)21-35(25-14-17-29(40-5)27(32)19-25)41(38,39)26-15-10-23(4)11-16-26/h8-17,19,28H,6-7,18,20-21H2,1-5H3,(H,33,37). The molecule has 220 valence electrons. The number of carbonyl (C=O) groups is 2. The number of amides is 2. The summed E-state index contributed by atoms with van der Waals surface area (Å²) in [6.07, 6.45) is 1.10. The largest absolute Gasteiger partial charge is 0.495 e. The molecule has 0 spiro atoms. The molecule has 2 amide bonds. The lowest BCUT2D eigenvalue weighted by Gasteiger charge is -2.33. The van der Waals surface area contributed by atoms with E-state index in [1.165, 1.54) is 30.2 Å². The van der Waals surface area contributed by atoms with Gasteiger partial charge in [0.1, 0.15) is 18.3 Å². The van der Waals surface area contributed by atoms with Gasteiger partial charge < -0.3 is 15.0 Å². The molecule has 1 N–H and O–H groups in total. The van der Waals surface area contributed by atoms with Crippen LogP contribution in [0.3, 0.4) is 0 Å². The Hall–Kier alpha value is -3.56. The second kappa shape index (κ2) is 14.4. The van der Waals surface area contributed by atoms with Crippen molar-refractivity contribution in [2.75, 3.05) is 24.5 Å². The van der Waals surface area contributed by atoms with Crippen LogP contribution in [0.4, 0.5) is 5.69 Å². The third-order valence-electron chi connectivity index (χ3n) is 6.72. The maximum absolute atomic E-state index is 14.1. The maximum atomic E-state index is 14.1. The van der Waals surface area contributed by atoms with Crippen molar-refractivity contribution in [2.45, 2.75) is 58.0 Å². The van der Waals surface area contributed by atoms with Crippen LogP contribution in [0.5, 0.6) is 5.75 Å². The molecule has 0 fully saturated rings. The number of anilines is 1. The molecular formula is C31H38ClN3O5S. The number of benzene rings is 3. The highest BCUT2D eigenvalue weighted by Gasteiger charge is 2.33. The average molecular weight is 600 g/mol. The monoisotopic (exact) mass is 599 g/mol. The molecule has 0 aromatic heterocycles. The van der Waals surface area contributed by atoms with Crippen molar-refractivity contribution < 1.29 is 22.7 Å². The van der Waals surface area contributed by atoms with E-state index in [1.54, 1.807) is 24.3 Å². The fourth-order valence-electron chi connectivity index (χ4n) is 4.35. The van der Waals surface area contributed by atoms with Crippen molar-refractivity contribution in [3.05, 3.63) is 88.4 Å². The van der Waals surface area contributed by atoms with E-state index in [-0.39, 0.29) is 28.1 Å². The van der Waals surface area contributed by atoms with Crippen LogP contribution in [0.25, 0.3) is 0 Å². The molecule has 3 aromatic carbocycles. The molecular weight excluding hydrogens is 562 g/mol. The van der Waals surface area contributed by atoms with E-state index in [9.17, 15) is 18.0 Å². The summed E-state index contributed by atoms with van der Waals surface area (Å²) in [6, 6.07) is 17.8. The summed E-state index contributed by atoms with van der Waals surface area (Å²) in [5, 5.41) is 3.08. The Balaban J connectivity index is 2.08. The normalized spacial score (nSPS) is 12.0. The Kier molecular flexibility index (Phi) is 11.2. The highest BCUT2D eigenvalue weighted by atomic mass is 35.5. The first kappa shape index (κ1) is 32.0. The van der Waals surface area contributed by atoms with Crippen molar-refractivity contribution in [3.63, 3.8) is 0 Å². The molecule has 0 saturated heterocycles. The molecule has 0 radical (unpaired) electrons. The molecule has 0 heterocycles. The molecule has 0 aliphatic carbocycles. The second-order valence-corrected chi connectivity index (χ2v) is 12.1. The molecule has 1 atom stereocenters. The highest BCUT2D eigenvalue weighted by molar-refractivity contribution is 7.92. The van der Waals surface area contributed by atoms with Crippen LogP contribution in [0.2, 0.25) is 5.02 Å². The molecule has 8 nitrogen and oxygen atoms in total. The number of nitrogens with one attached hydrogen (secondary N) is 1. The van der Waals surface area contributed by atoms with E-state index in [1.807, 2.05) is 52.0 Å². The van der Waals surface area contributed by atoms with Gasteiger partial charge in [0.05, 0.1) is 22.7 Å². The van der Waals surface area contributed by atoms with Gasteiger partial charge in [0.25, 0.3) is 10.0 Å². The number of hydrogen-bond acceptors (Lipinski definition) is 5. The van der Waals surface area contributed by atoms with Gasteiger partial charge in [-0.25, -0.2) is 8.42 Å². The first-order valence-electron chi connectivity index (χ1n) is 13.6. The van der Waals surface area contributed by atoms with E-state index in [0.717, 1.165) is 27.4 Å². The number of halogens is 1. The predicted octanol–water partition coefficient (Wildman–Crippen LogP) is 5.49. The first-order chi connectivity index (χ1) is 19.5. The molecule has 41 heavy (non-hydrogen) atoms. The average Bonchev–Trinajstić information content (AvgIpc) is 2.95. The number of rotatable bonds is 13. The summed E-state index contributed by atoms with van der Waals surface area (Å²) < 4.78 is 34.2. The lowest BCUT2D eigenvalue weighted by Crippen LogP contribution is -2.52. The van der Waals surface area contributed by atoms with Gasteiger partial charge in [0, 0.05) is 13.1 Å². The fourth-order valence-corrected chi connectivity index (χ4v) is 6.01. The molecule has 0 aliphatic heterocycles. The van der Waals surface area contributed by atoms with Gasteiger partial charge in [-0.1, -0.05) is 73.0 Å². The van der Waals surface area contributed by atoms with Crippen molar-refractivity contribution in [1.29, 1.82) is 0 Å².